The number of rotatable bonds is 8. The summed E-state index contributed by atoms with van der Waals surface area (Å²) in [4.78, 5) is 0. The predicted octanol–water partition coefficient (Wildman–Crippen LogP) is 3.06. The molecule has 0 radical (unpaired) electrons. The molecule has 3 heteroatoms. The maximum atomic E-state index is 5.55. The lowest BCUT2D eigenvalue weighted by Gasteiger charge is -2.11. The van der Waals surface area contributed by atoms with E-state index < -0.39 is 0 Å². The molecule has 16 heavy (non-hydrogen) atoms. The van der Waals surface area contributed by atoms with E-state index in [1.807, 2.05) is 26.0 Å². The zero-order valence-corrected chi connectivity index (χ0v) is 10.6. The molecule has 1 aromatic rings. The molecule has 0 fully saturated rings. The zero-order chi connectivity index (χ0) is 11.8. The Labute approximate surface area is 98.2 Å². The maximum Gasteiger partial charge on any atom is 0.120 e. The molecule has 1 heterocycles. The van der Waals surface area contributed by atoms with Gasteiger partial charge >= 0.3 is 0 Å². The molecule has 0 saturated carbocycles. The number of nitrogens with one attached hydrogen (secondary N) is 1. The minimum Gasteiger partial charge on any atom is -0.465 e. The molecule has 1 aromatic heterocycles. The lowest BCUT2D eigenvalue weighted by molar-refractivity contribution is 0.143. The second kappa shape index (κ2) is 7.47. The van der Waals surface area contributed by atoms with Crippen LogP contribution in [0.15, 0.2) is 16.5 Å². The van der Waals surface area contributed by atoms with Crippen LogP contribution in [-0.2, 0) is 4.74 Å². The zero-order valence-electron chi connectivity index (χ0n) is 10.6. The van der Waals surface area contributed by atoms with Gasteiger partial charge in [0.2, 0.25) is 0 Å². The summed E-state index contributed by atoms with van der Waals surface area (Å²) >= 11 is 0. The molecule has 1 unspecified atom stereocenters. The summed E-state index contributed by atoms with van der Waals surface area (Å²) in [6.45, 7) is 8.81. The summed E-state index contributed by atoms with van der Waals surface area (Å²) in [6.07, 6.45) is 2.26. The molecule has 0 aliphatic carbocycles. The highest BCUT2D eigenvalue weighted by Gasteiger charge is 2.07. The van der Waals surface area contributed by atoms with Gasteiger partial charge in [-0.3, -0.25) is 0 Å². The lowest BCUT2D eigenvalue weighted by Crippen LogP contribution is -2.19. The number of hydrogen-bond acceptors (Lipinski definition) is 3. The summed E-state index contributed by atoms with van der Waals surface area (Å²) < 4.78 is 10.8. The van der Waals surface area contributed by atoms with Gasteiger partial charge in [-0.05, 0) is 52.3 Å². The van der Waals surface area contributed by atoms with Crippen LogP contribution in [0.2, 0.25) is 0 Å². The molecule has 92 valence electrons. The van der Waals surface area contributed by atoms with E-state index in [2.05, 4.69) is 12.2 Å². The highest BCUT2D eigenvalue weighted by atomic mass is 16.5. The van der Waals surface area contributed by atoms with Crippen molar-refractivity contribution in [3.8, 4) is 0 Å². The van der Waals surface area contributed by atoms with E-state index in [0.29, 0.717) is 6.04 Å². The fraction of sp³-hybridized carbons (Fsp3) is 0.692. The second-order valence-electron chi connectivity index (χ2n) is 4.03. The van der Waals surface area contributed by atoms with E-state index in [1.54, 1.807) is 0 Å². The van der Waals surface area contributed by atoms with Crippen molar-refractivity contribution in [2.24, 2.45) is 0 Å². The van der Waals surface area contributed by atoms with Crippen LogP contribution in [-0.4, -0.2) is 19.8 Å². The summed E-state index contributed by atoms with van der Waals surface area (Å²) in [5.74, 6) is 1.99. The van der Waals surface area contributed by atoms with E-state index in [4.69, 9.17) is 9.15 Å². The van der Waals surface area contributed by atoms with Crippen molar-refractivity contribution in [3.05, 3.63) is 23.7 Å². The molecule has 1 N–H and O–H groups in total. The minimum absolute atomic E-state index is 0.292. The smallest absolute Gasteiger partial charge is 0.120 e. The lowest BCUT2D eigenvalue weighted by atomic mass is 10.2. The van der Waals surface area contributed by atoms with Crippen molar-refractivity contribution in [2.45, 2.75) is 39.7 Å². The van der Waals surface area contributed by atoms with Crippen LogP contribution in [0, 0.1) is 6.92 Å². The van der Waals surface area contributed by atoms with Gasteiger partial charge in [-0.2, -0.15) is 0 Å². The third-order valence-corrected chi connectivity index (χ3v) is 2.56. The normalized spacial score (nSPS) is 12.9. The average molecular weight is 225 g/mol. The Morgan fingerprint density at radius 2 is 2.19 bits per heavy atom. The summed E-state index contributed by atoms with van der Waals surface area (Å²) in [7, 11) is 0. The Kier molecular flexibility index (Phi) is 6.19. The van der Waals surface area contributed by atoms with Crippen LogP contribution in [0.3, 0.4) is 0 Å². The van der Waals surface area contributed by atoms with Crippen molar-refractivity contribution in [2.75, 3.05) is 19.8 Å². The predicted molar refractivity (Wildman–Crippen MR) is 65.6 cm³/mol. The average Bonchev–Trinajstić information content (AvgIpc) is 2.70. The van der Waals surface area contributed by atoms with Crippen LogP contribution in [0.1, 0.15) is 44.3 Å². The number of unbranched alkanes of at least 4 members (excludes halogenated alkanes) is 1. The van der Waals surface area contributed by atoms with E-state index in [1.165, 1.54) is 0 Å². The molecule has 0 spiro atoms. The third kappa shape index (κ3) is 4.81. The van der Waals surface area contributed by atoms with Crippen LogP contribution in [0.5, 0.6) is 0 Å². The van der Waals surface area contributed by atoms with Crippen LogP contribution in [0.4, 0.5) is 0 Å². The van der Waals surface area contributed by atoms with Gasteiger partial charge in [-0.25, -0.2) is 0 Å². The first-order valence-corrected chi connectivity index (χ1v) is 6.11. The van der Waals surface area contributed by atoms with Gasteiger partial charge in [-0.1, -0.05) is 0 Å². The first kappa shape index (κ1) is 13.3. The minimum atomic E-state index is 0.292. The van der Waals surface area contributed by atoms with Gasteiger partial charge in [0, 0.05) is 13.2 Å². The highest BCUT2D eigenvalue weighted by Crippen LogP contribution is 2.15. The molecule has 0 aliphatic heterocycles. The molecule has 0 saturated heterocycles. The number of hydrogen-bond donors (Lipinski definition) is 1. The molecular weight excluding hydrogens is 202 g/mol. The molecular formula is C13H23NO2. The van der Waals surface area contributed by atoms with Gasteiger partial charge < -0.3 is 14.5 Å². The number of aryl methyl sites for hydroxylation is 1. The molecule has 0 amide bonds. The van der Waals surface area contributed by atoms with E-state index in [9.17, 15) is 0 Å². The Morgan fingerprint density at radius 1 is 1.38 bits per heavy atom. The molecule has 1 atom stereocenters. The third-order valence-electron chi connectivity index (χ3n) is 2.56. The van der Waals surface area contributed by atoms with Crippen molar-refractivity contribution >= 4 is 0 Å². The van der Waals surface area contributed by atoms with Crippen molar-refractivity contribution in [3.63, 3.8) is 0 Å². The first-order chi connectivity index (χ1) is 7.74. The molecule has 0 bridgehead atoms. The van der Waals surface area contributed by atoms with Gasteiger partial charge in [0.1, 0.15) is 11.5 Å². The summed E-state index contributed by atoms with van der Waals surface area (Å²) in [5, 5.41) is 3.44. The monoisotopic (exact) mass is 225 g/mol. The largest absolute Gasteiger partial charge is 0.465 e. The SMILES string of the molecule is CCOCCCCNC(C)c1ccc(C)o1. The Balaban J connectivity index is 2.09. The Morgan fingerprint density at radius 3 is 2.81 bits per heavy atom. The fourth-order valence-corrected chi connectivity index (χ4v) is 1.58. The molecule has 0 aromatic carbocycles. The van der Waals surface area contributed by atoms with Gasteiger partial charge in [-0.15, -0.1) is 0 Å². The Hall–Kier alpha value is -0.800. The fourth-order valence-electron chi connectivity index (χ4n) is 1.58. The molecule has 0 aliphatic rings. The standard InChI is InChI=1S/C13H23NO2/c1-4-15-10-6-5-9-14-12(3)13-8-7-11(2)16-13/h7-8,12,14H,4-6,9-10H2,1-3H3. The number of ether oxygens (including phenoxy) is 1. The summed E-state index contributed by atoms with van der Waals surface area (Å²) in [5.41, 5.74) is 0. The van der Waals surface area contributed by atoms with Crippen LogP contribution >= 0.6 is 0 Å². The van der Waals surface area contributed by atoms with E-state index >= 15 is 0 Å². The van der Waals surface area contributed by atoms with Crippen LogP contribution < -0.4 is 5.32 Å². The number of furan rings is 1. The van der Waals surface area contributed by atoms with Crippen molar-refractivity contribution < 1.29 is 9.15 Å². The van der Waals surface area contributed by atoms with Gasteiger partial charge in [0.05, 0.1) is 6.04 Å². The van der Waals surface area contributed by atoms with Crippen LogP contribution in [0.25, 0.3) is 0 Å². The molecule has 1 rings (SSSR count). The second-order valence-corrected chi connectivity index (χ2v) is 4.03. The van der Waals surface area contributed by atoms with E-state index in [0.717, 1.165) is 44.1 Å². The van der Waals surface area contributed by atoms with Gasteiger partial charge in [0.25, 0.3) is 0 Å². The molecule has 3 nitrogen and oxygen atoms in total. The first-order valence-electron chi connectivity index (χ1n) is 6.11. The van der Waals surface area contributed by atoms with Gasteiger partial charge in [0.15, 0.2) is 0 Å². The van der Waals surface area contributed by atoms with E-state index in [-0.39, 0.29) is 0 Å². The summed E-state index contributed by atoms with van der Waals surface area (Å²) in [6, 6.07) is 4.33. The maximum absolute atomic E-state index is 5.55. The van der Waals surface area contributed by atoms with Crippen molar-refractivity contribution in [1.82, 2.24) is 5.32 Å². The highest BCUT2D eigenvalue weighted by molar-refractivity contribution is 5.08. The Bertz CT molecular complexity index is 283. The van der Waals surface area contributed by atoms with Crippen molar-refractivity contribution in [1.29, 1.82) is 0 Å². The topological polar surface area (TPSA) is 34.4 Å². The quantitative estimate of drug-likeness (QED) is 0.690.